The number of aliphatic carboxylic acids is 1. The van der Waals surface area contributed by atoms with Gasteiger partial charge in [0.15, 0.2) is 0 Å². The van der Waals surface area contributed by atoms with Crippen molar-refractivity contribution in [1.82, 2.24) is 4.90 Å². The number of hydrogen-bond donors (Lipinski definition) is 2. The van der Waals surface area contributed by atoms with E-state index in [1.165, 1.54) is 18.9 Å². The van der Waals surface area contributed by atoms with Gasteiger partial charge >= 0.3 is 5.97 Å². The molecule has 1 amide bonds. The van der Waals surface area contributed by atoms with Gasteiger partial charge in [0.1, 0.15) is 6.04 Å². The van der Waals surface area contributed by atoms with Crippen LogP contribution in [0.15, 0.2) is 60.7 Å². The van der Waals surface area contributed by atoms with Crippen molar-refractivity contribution < 1.29 is 14.7 Å². The molecule has 3 aromatic rings. The average molecular weight is 465 g/mol. The molecule has 5 nitrogen and oxygen atoms in total. The summed E-state index contributed by atoms with van der Waals surface area (Å²) in [7, 11) is 1.51. The van der Waals surface area contributed by atoms with Crippen LogP contribution in [0.4, 0.5) is 5.69 Å². The van der Waals surface area contributed by atoms with Crippen LogP contribution in [0.2, 0.25) is 5.02 Å². The maximum absolute atomic E-state index is 12.8. The number of carbonyl (C=O) groups excluding carboxylic acids is 1. The summed E-state index contributed by atoms with van der Waals surface area (Å²) in [4.78, 5) is 25.2. The first-order valence-corrected chi connectivity index (χ1v) is 11.2. The highest BCUT2D eigenvalue weighted by Gasteiger charge is 2.23. The molecule has 0 saturated carbocycles. The van der Waals surface area contributed by atoms with Crippen LogP contribution in [0.1, 0.15) is 46.9 Å². The van der Waals surface area contributed by atoms with Gasteiger partial charge in [0.2, 0.25) is 0 Å². The Hall–Kier alpha value is -3.31. The lowest BCUT2D eigenvalue weighted by Crippen LogP contribution is -2.40. The van der Waals surface area contributed by atoms with E-state index >= 15 is 0 Å². The number of amides is 1. The van der Waals surface area contributed by atoms with Crippen LogP contribution in [0.3, 0.4) is 0 Å². The summed E-state index contributed by atoms with van der Waals surface area (Å²) in [5, 5.41) is 13.5. The molecule has 2 unspecified atom stereocenters. The van der Waals surface area contributed by atoms with Gasteiger partial charge < -0.3 is 15.3 Å². The molecule has 0 aliphatic carbocycles. The number of rotatable bonds is 7. The first-order chi connectivity index (χ1) is 15.6. The van der Waals surface area contributed by atoms with E-state index in [0.29, 0.717) is 5.56 Å². The average Bonchev–Trinajstić information content (AvgIpc) is 2.79. The summed E-state index contributed by atoms with van der Waals surface area (Å²) in [6, 6.07) is 19.0. The summed E-state index contributed by atoms with van der Waals surface area (Å²) >= 11 is 6.15. The number of anilines is 1. The van der Waals surface area contributed by atoms with Crippen molar-refractivity contribution in [3.8, 4) is 11.1 Å². The van der Waals surface area contributed by atoms with Crippen LogP contribution in [-0.4, -0.2) is 35.0 Å². The topological polar surface area (TPSA) is 69.6 Å². The zero-order chi connectivity index (χ0) is 24.3. The molecule has 3 aromatic carbocycles. The fraction of sp³-hybridized carbons (Fsp3) is 0.259. The second kappa shape index (κ2) is 10.1. The number of nitrogens with zero attached hydrogens (tertiary/aromatic N) is 1. The number of carboxylic acids is 1. The van der Waals surface area contributed by atoms with Crippen molar-refractivity contribution in [2.75, 3.05) is 12.4 Å². The molecule has 0 saturated heterocycles. The van der Waals surface area contributed by atoms with Crippen molar-refractivity contribution in [1.29, 1.82) is 0 Å². The van der Waals surface area contributed by atoms with E-state index in [2.05, 4.69) is 24.4 Å². The molecule has 2 N–H and O–H groups in total. The first-order valence-electron chi connectivity index (χ1n) is 10.8. The largest absolute Gasteiger partial charge is 0.480 e. The Kier molecular flexibility index (Phi) is 7.44. The number of carbonyl (C=O) groups is 2. The third-order valence-electron chi connectivity index (χ3n) is 5.98. The summed E-state index contributed by atoms with van der Waals surface area (Å²) in [6.45, 7) is 7.46. The van der Waals surface area contributed by atoms with Gasteiger partial charge in [-0.15, -0.1) is 0 Å². The first kappa shape index (κ1) is 24.3. The standard InChI is InChI=1S/C27H29ClN2O3/c1-16-13-22(9-11-24(16)26(31)30(5)19(4)27(32)33)21-7-6-8-23(15-21)29-18(3)20-10-12-25(28)17(2)14-20/h6-15,18-19,29H,1-5H3,(H,32,33). The summed E-state index contributed by atoms with van der Waals surface area (Å²) in [6.07, 6.45) is 0. The monoisotopic (exact) mass is 464 g/mol. The minimum Gasteiger partial charge on any atom is -0.480 e. The number of halogens is 1. The SMILES string of the molecule is Cc1cc(C(C)Nc2cccc(-c3ccc(C(=O)N(C)C(C)C(=O)O)c(C)c3)c2)ccc1Cl. The molecule has 172 valence electrons. The number of benzene rings is 3. The van der Waals surface area contributed by atoms with Crippen molar-refractivity contribution in [2.45, 2.75) is 39.8 Å². The Morgan fingerprint density at radius 3 is 2.27 bits per heavy atom. The quantitative estimate of drug-likeness (QED) is 0.428. The lowest BCUT2D eigenvalue weighted by Gasteiger charge is -2.22. The smallest absolute Gasteiger partial charge is 0.326 e. The van der Waals surface area contributed by atoms with Crippen LogP contribution in [0, 0.1) is 13.8 Å². The number of likely N-dealkylation sites (N-methyl/N-ethyl adjacent to an activating group) is 1. The van der Waals surface area contributed by atoms with Gasteiger partial charge in [0.25, 0.3) is 5.91 Å². The number of nitrogens with one attached hydrogen (secondary N) is 1. The molecule has 2 atom stereocenters. The minimum absolute atomic E-state index is 0.102. The van der Waals surface area contributed by atoms with Gasteiger partial charge in [-0.25, -0.2) is 4.79 Å². The van der Waals surface area contributed by atoms with E-state index in [4.69, 9.17) is 11.6 Å². The third-order valence-corrected chi connectivity index (χ3v) is 6.40. The lowest BCUT2D eigenvalue weighted by molar-refractivity contribution is -0.141. The van der Waals surface area contributed by atoms with Gasteiger partial charge in [-0.2, -0.15) is 0 Å². The molecule has 0 aliphatic rings. The maximum atomic E-state index is 12.8. The highest BCUT2D eigenvalue weighted by Crippen LogP contribution is 2.28. The van der Waals surface area contributed by atoms with Crippen molar-refractivity contribution in [3.63, 3.8) is 0 Å². The Balaban J connectivity index is 1.81. The van der Waals surface area contributed by atoms with Crippen molar-refractivity contribution in [2.24, 2.45) is 0 Å². The molecule has 0 radical (unpaired) electrons. The van der Waals surface area contributed by atoms with Gasteiger partial charge in [-0.1, -0.05) is 48.0 Å². The predicted molar refractivity (Wildman–Crippen MR) is 134 cm³/mol. The zero-order valence-corrected chi connectivity index (χ0v) is 20.3. The Morgan fingerprint density at radius 1 is 0.939 bits per heavy atom. The number of aryl methyl sites for hydroxylation is 2. The number of carboxylic acid groups (broad SMARTS) is 1. The zero-order valence-electron chi connectivity index (χ0n) is 19.5. The molecule has 0 spiro atoms. The molecule has 6 heteroatoms. The third kappa shape index (κ3) is 5.55. The van der Waals surface area contributed by atoms with Crippen LogP contribution in [0.25, 0.3) is 11.1 Å². The second-order valence-electron chi connectivity index (χ2n) is 8.42. The molecule has 3 rings (SSSR count). The van der Waals surface area contributed by atoms with E-state index < -0.39 is 12.0 Å². The molecular formula is C27H29ClN2O3. The molecular weight excluding hydrogens is 436 g/mol. The van der Waals surface area contributed by atoms with E-state index in [9.17, 15) is 14.7 Å². The van der Waals surface area contributed by atoms with Crippen LogP contribution in [-0.2, 0) is 4.79 Å². The van der Waals surface area contributed by atoms with Crippen molar-refractivity contribution >= 4 is 29.2 Å². The van der Waals surface area contributed by atoms with Gasteiger partial charge in [0.05, 0.1) is 0 Å². The minimum atomic E-state index is -1.03. The lowest BCUT2D eigenvalue weighted by atomic mass is 9.98. The highest BCUT2D eigenvalue weighted by molar-refractivity contribution is 6.31. The maximum Gasteiger partial charge on any atom is 0.326 e. The summed E-state index contributed by atoms with van der Waals surface area (Å²) in [5.74, 6) is -1.34. The fourth-order valence-corrected chi connectivity index (χ4v) is 3.79. The van der Waals surface area contributed by atoms with E-state index in [1.807, 2.05) is 56.3 Å². The van der Waals surface area contributed by atoms with Gasteiger partial charge in [0, 0.05) is 29.4 Å². The fourth-order valence-electron chi connectivity index (χ4n) is 3.67. The number of hydrogen-bond acceptors (Lipinski definition) is 3. The van der Waals surface area contributed by atoms with Gasteiger partial charge in [-0.05, 0) is 79.8 Å². The molecule has 0 heterocycles. The normalized spacial score (nSPS) is 12.7. The second-order valence-corrected chi connectivity index (χ2v) is 8.82. The van der Waals surface area contributed by atoms with E-state index in [0.717, 1.165) is 38.5 Å². The summed E-state index contributed by atoms with van der Waals surface area (Å²) in [5.41, 5.74) is 6.48. The predicted octanol–water partition coefficient (Wildman–Crippen LogP) is 6.34. The van der Waals surface area contributed by atoms with Crippen LogP contribution < -0.4 is 5.32 Å². The molecule has 0 aromatic heterocycles. The van der Waals surface area contributed by atoms with E-state index in [-0.39, 0.29) is 11.9 Å². The van der Waals surface area contributed by atoms with Crippen LogP contribution >= 0.6 is 11.6 Å². The van der Waals surface area contributed by atoms with Gasteiger partial charge in [-0.3, -0.25) is 4.79 Å². The molecule has 0 bridgehead atoms. The highest BCUT2D eigenvalue weighted by atomic mass is 35.5. The molecule has 33 heavy (non-hydrogen) atoms. The molecule has 0 aliphatic heterocycles. The van der Waals surface area contributed by atoms with E-state index in [1.54, 1.807) is 6.07 Å². The Morgan fingerprint density at radius 2 is 1.64 bits per heavy atom. The Bertz CT molecular complexity index is 1190. The Labute approximate surface area is 200 Å². The van der Waals surface area contributed by atoms with Crippen molar-refractivity contribution in [3.05, 3.63) is 87.9 Å². The summed E-state index contributed by atoms with van der Waals surface area (Å²) < 4.78 is 0. The van der Waals surface area contributed by atoms with Crippen LogP contribution in [0.5, 0.6) is 0 Å². The molecule has 0 fully saturated rings.